The summed E-state index contributed by atoms with van der Waals surface area (Å²) in [6, 6.07) is 21.3. The van der Waals surface area contributed by atoms with Gasteiger partial charge in [-0.2, -0.15) is 0 Å². The average molecular weight is 270 g/mol. The van der Waals surface area contributed by atoms with Crippen molar-refractivity contribution in [1.29, 1.82) is 0 Å². The van der Waals surface area contributed by atoms with Crippen LogP contribution in [0, 0.1) is 0 Å². The highest BCUT2D eigenvalue weighted by molar-refractivity contribution is 5.98. The molecular formula is C17H22OSi. The van der Waals surface area contributed by atoms with Crippen LogP contribution in [0.15, 0.2) is 60.7 Å². The maximum absolute atomic E-state index is 5.95. The molecule has 2 rings (SSSR count). The van der Waals surface area contributed by atoms with Crippen LogP contribution in [0.4, 0.5) is 0 Å². The number of hydrogen-bond donors (Lipinski definition) is 0. The topological polar surface area (TPSA) is 9.23 Å². The van der Waals surface area contributed by atoms with Crippen LogP contribution in [0.3, 0.4) is 0 Å². The van der Waals surface area contributed by atoms with Crippen molar-refractivity contribution in [1.82, 2.24) is 0 Å². The molecule has 0 radical (unpaired) electrons. The number of benzene rings is 2. The monoisotopic (exact) mass is 270 g/mol. The first-order valence-corrected chi connectivity index (χ1v) is 7.50. The molecule has 0 bridgehead atoms. The molecule has 0 heterocycles. The lowest BCUT2D eigenvalue weighted by Gasteiger charge is -2.45. The van der Waals surface area contributed by atoms with Gasteiger partial charge in [0, 0.05) is 5.41 Å². The SMILES string of the molecule is CC(C)(O[SiH3])C(C)(c1ccccc1)c1ccccc1. The van der Waals surface area contributed by atoms with Gasteiger partial charge in [-0.3, -0.25) is 0 Å². The molecule has 0 aliphatic heterocycles. The van der Waals surface area contributed by atoms with Gasteiger partial charge in [0.25, 0.3) is 0 Å². The molecule has 100 valence electrons. The largest absolute Gasteiger partial charge is 0.422 e. The molecule has 0 aromatic heterocycles. The second kappa shape index (κ2) is 5.31. The minimum Gasteiger partial charge on any atom is -0.422 e. The van der Waals surface area contributed by atoms with Gasteiger partial charge in [0.1, 0.15) is 10.5 Å². The summed E-state index contributed by atoms with van der Waals surface area (Å²) in [5.74, 6) is 0. The Kier molecular flexibility index (Phi) is 3.93. The van der Waals surface area contributed by atoms with Crippen molar-refractivity contribution in [2.45, 2.75) is 31.8 Å². The molecule has 0 N–H and O–H groups in total. The fourth-order valence-corrected chi connectivity index (χ4v) is 3.02. The summed E-state index contributed by atoms with van der Waals surface area (Å²) >= 11 is 0. The van der Waals surface area contributed by atoms with Crippen LogP contribution in [-0.2, 0) is 9.84 Å². The first kappa shape index (κ1) is 14.0. The summed E-state index contributed by atoms with van der Waals surface area (Å²) in [7, 11) is 0.730. The third-order valence-electron chi connectivity index (χ3n) is 4.42. The molecule has 19 heavy (non-hydrogen) atoms. The van der Waals surface area contributed by atoms with Crippen molar-refractivity contribution < 1.29 is 4.43 Å². The van der Waals surface area contributed by atoms with Gasteiger partial charge in [0.05, 0.1) is 5.60 Å². The summed E-state index contributed by atoms with van der Waals surface area (Å²) in [4.78, 5) is 0. The van der Waals surface area contributed by atoms with E-state index in [1.54, 1.807) is 0 Å². The van der Waals surface area contributed by atoms with E-state index in [4.69, 9.17) is 4.43 Å². The Morgan fingerprint density at radius 3 is 1.42 bits per heavy atom. The lowest BCUT2D eigenvalue weighted by Crippen LogP contribution is -2.47. The fraction of sp³-hybridized carbons (Fsp3) is 0.294. The first-order chi connectivity index (χ1) is 9.02. The van der Waals surface area contributed by atoms with Gasteiger partial charge in [-0.15, -0.1) is 0 Å². The van der Waals surface area contributed by atoms with Crippen molar-refractivity contribution in [3.63, 3.8) is 0 Å². The van der Waals surface area contributed by atoms with E-state index in [0.717, 1.165) is 10.5 Å². The normalized spacial score (nSPS) is 12.6. The van der Waals surface area contributed by atoms with Gasteiger partial charge in [0.2, 0.25) is 0 Å². The molecule has 2 heteroatoms. The fourth-order valence-electron chi connectivity index (χ4n) is 2.61. The summed E-state index contributed by atoms with van der Waals surface area (Å²) in [5, 5.41) is 0. The van der Waals surface area contributed by atoms with Crippen LogP contribution < -0.4 is 0 Å². The Morgan fingerprint density at radius 2 is 1.11 bits per heavy atom. The molecule has 0 saturated carbocycles. The standard InChI is InChI=1S/C17H22OSi/c1-16(2,18-19)17(3,14-10-6-4-7-11-14)15-12-8-5-9-13-15/h4-13H,1-3,19H3. The summed E-state index contributed by atoms with van der Waals surface area (Å²) in [6.45, 7) is 6.63. The van der Waals surface area contributed by atoms with E-state index in [0.29, 0.717) is 0 Å². The predicted molar refractivity (Wildman–Crippen MR) is 84.4 cm³/mol. The second-order valence-electron chi connectivity index (χ2n) is 5.57. The van der Waals surface area contributed by atoms with E-state index in [1.807, 2.05) is 0 Å². The highest BCUT2D eigenvalue weighted by atomic mass is 28.2. The van der Waals surface area contributed by atoms with Gasteiger partial charge in [-0.1, -0.05) is 60.7 Å². The number of rotatable bonds is 4. The van der Waals surface area contributed by atoms with Crippen molar-refractivity contribution in [2.75, 3.05) is 0 Å². The maximum atomic E-state index is 5.95. The third-order valence-corrected chi connectivity index (χ3v) is 5.44. The molecule has 0 aliphatic carbocycles. The average Bonchev–Trinajstić information content (AvgIpc) is 2.48. The molecule has 0 fully saturated rings. The minimum atomic E-state index is -0.234. The van der Waals surface area contributed by atoms with Gasteiger partial charge in [-0.05, 0) is 31.9 Å². The zero-order valence-electron chi connectivity index (χ0n) is 12.2. The molecule has 2 aromatic carbocycles. The van der Waals surface area contributed by atoms with Gasteiger partial charge < -0.3 is 4.43 Å². The Labute approximate surface area is 119 Å². The Bertz CT molecular complexity index is 480. The quantitative estimate of drug-likeness (QED) is 0.776. The molecule has 0 spiro atoms. The zero-order chi connectivity index (χ0) is 13.9. The Morgan fingerprint density at radius 1 is 0.737 bits per heavy atom. The summed E-state index contributed by atoms with van der Waals surface area (Å²) < 4.78 is 5.95. The van der Waals surface area contributed by atoms with Crippen molar-refractivity contribution in [3.05, 3.63) is 71.8 Å². The predicted octanol–water partition coefficient (Wildman–Crippen LogP) is 3.07. The van der Waals surface area contributed by atoms with E-state index < -0.39 is 0 Å². The van der Waals surface area contributed by atoms with Crippen LogP contribution in [0.2, 0.25) is 0 Å². The van der Waals surface area contributed by atoms with Crippen LogP contribution >= 0.6 is 0 Å². The minimum absolute atomic E-state index is 0.155. The van der Waals surface area contributed by atoms with Crippen LogP contribution in [-0.4, -0.2) is 16.1 Å². The Hall–Kier alpha value is -1.38. The van der Waals surface area contributed by atoms with Crippen molar-refractivity contribution in [2.24, 2.45) is 0 Å². The molecule has 0 amide bonds. The van der Waals surface area contributed by atoms with Gasteiger partial charge in [-0.25, -0.2) is 0 Å². The lowest BCUT2D eigenvalue weighted by atomic mass is 9.66. The second-order valence-corrected chi connectivity index (χ2v) is 5.98. The van der Waals surface area contributed by atoms with E-state index in [1.165, 1.54) is 11.1 Å². The molecule has 0 atom stereocenters. The summed E-state index contributed by atoms with van der Waals surface area (Å²) in [5.41, 5.74) is 2.20. The zero-order valence-corrected chi connectivity index (χ0v) is 14.2. The maximum Gasteiger partial charge on any atom is 0.146 e. The number of hydrogen-bond acceptors (Lipinski definition) is 1. The van der Waals surface area contributed by atoms with Gasteiger partial charge in [0.15, 0.2) is 0 Å². The van der Waals surface area contributed by atoms with Crippen LogP contribution in [0.1, 0.15) is 31.9 Å². The molecule has 0 saturated heterocycles. The first-order valence-electron chi connectivity index (χ1n) is 6.68. The molecule has 2 aromatic rings. The van der Waals surface area contributed by atoms with Crippen molar-refractivity contribution >= 4 is 10.5 Å². The highest BCUT2D eigenvalue weighted by Gasteiger charge is 2.43. The third kappa shape index (κ3) is 2.38. The molecule has 0 aliphatic rings. The molecule has 1 nitrogen and oxygen atoms in total. The van der Waals surface area contributed by atoms with Crippen LogP contribution in [0.5, 0.6) is 0 Å². The van der Waals surface area contributed by atoms with Gasteiger partial charge >= 0.3 is 0 Å². The van der Waals surface area contributed by atoms with Crippen molar-refractivity contribution in [3.8, 4) is 0 Å². The lowest BCUT2D eigenvalue weighted by molar-refractivity contribution is 0.0560. The molecule has 0 unspecified atom stereocenters. The summed E-state index contributed by atoms with van der Waals surface area (Å²) in [6.07, 6.45) is 0. The smallest absolute Gasteiger partial charge is 0.146 e. The van der Waals surface area contributed by atoms with Crippen LogP contribution in [0.25, 0.3) is 0 Å². The highest BCUT2D eigenvalue weighted by Crippen LogP contribution is 2.42. The van der Waals surface area contributed by atoms with E-state index in [-0.39, 0.29) is 11.0 Å². The molecular weight excluding hydrogens is 248 g/mol. The van der Waals surface area contributed by atoms with E-state index in [9.17, 15) is 0 Å². The Balaban J connectivity index is 2.65. The van der Waals surface area contributed by atoms with E-state index in [2.05, 4.69) is 81.4 Å². The van der Waals surface area contributed by atoms with E-state index >= 15 is 0 Å².